The Bertz CT molecular complexity index is 699. The number of nitrogens with zero attached hydrogens (tertiary/aromatic N) is 4. The van der Waals surface area contributed by atoms with Gasteiger partial charge in [-0.05, 0) is 18.2 Å². The second-order valence-corrected chi connectivity index (χ2v) is 5.30. The minimum atomic E-state index is -0.173. The van der Waals surface area contributed by atoms with E-state index in [0.717, 1.165) is 0 Å². The number of para-hydroxylation sites is 1. The zero-order chi connectivity index (χ0) is 16.2. The van der Waals surface area contributed by atoms with Crippen LogP contribution in [0.15, 0.2) is 36.5 Å². The van der Waals surface area contributed by atoms with Gasteiger partial charge in [-0.15, -0.1) is 0 Å². The highest BCUT2D eigenvalue weighted by atomic mass is 16.3. The number of phenols is 1. The van der Waals surface area contributed by atoms with Gasteiger partial charge in [-0.2, -0.15) is 0 Å². The van der Waals surface area contributed by atoms with E-state index >= 15 is 0 Å². The van der Waals surface area contributed by atoms with E-state index in [1.807, 2.05) is 4.90 Å². The summed E-state index contributed by atoms with van der Waals surface area (Å²) in [7, 11) is 0. The molecular formula is C16H18N4O3. The Balaban J connectivity index is 1.66. The monoisotopic (exact) mass is 314 g/mol. The molecule has 2 heterocycles. The summed E-state index contributed by atoms with van der Waals surface area (Å²) in [5, 5.41) is 18.9. The summed E-state index contributed by atoms with van der Waals surface area (Å²) in [4.78, 5) is 24.6. The van der Waals surface area contributed by atoms with Crippen molar-refractivity contribution in [3.05, 3.63) is 47.8 Å². The van der Waals surface area contributed by atoms with E-state index in [2.05, 4.69) is 9.97 Å². The van der Waals surface area contributed by atoms with Crippen LogP contribution in [0, 0.1) is 0 Å². The number of aromatic nitrogens is 2. The summed E-state index contributed by atoms with van der Waals surface area (Å²) in [6.45, 7) is 2.14. The SMILES string of the molecule is O=C(c1ccccc1O)N1CCN(c2nccc(CO)n2)CC1. The molecule has 3 rings (SSSR count). The zero-order valence-corrected chi connectivity index (χ0v) is 12.6. The molecule has 1 aromatic carbocycles. The molecule has 2 aromatic rings. The summed E-state index contributed by atoms with van der Waals surface area (Å²) in [6, 6.07) is 8.23. The standard InChI is InChI=1S/C16H18N4O3/c21-11-12-5-6-17-16(18-12)20-9-7-19(8-10-20)15(23)13-3-1-2-4-14(13)22/h1-6,21-22H,7-11H2. The van der Waals surface area contributed by atoms with Gasteiger partial charge in [0, 0.05) is 32.4 Å². The predicted octanol–water partition coefficient (Wildman–Crippen LogP) is 0.637. The lowest BCUT2D eigenvalue weighted by Crippen LogP contribution is -2.49. The van der Waals surface area contributed by atoms with Gasteiger partial charge in [-0.3, -0.25) is 4.79 Å². The number of aromatic hydroxyl groups is 1. The quantitative estimate of drug-likeness (QED) is 0.864. The number of piperazine rings is 1. The lowest BCUT2D eigenvalue weighted by atomic mass is 10.1. The lowest BCUT2D eigenvalue weighted by molar-refractivity contribution is 0.0743. The van der Waals surface area contributed by atoms with Crippen molar-refractivity contribution in [2.45, 2.75) is 6.61 Å². The summed E-state index contributed by atoms with van der Waals surface area (Å²) in [6.07, 6.45) is 1.62. The van der Waals surface area contributed by atoms with Crippen LogP contribution >= 0.6 is 0 Å². The highest BCUT2D eigenvalue weighted by Crippen LogP contribution is 2.19. The van der Waals surface area contributed by atoms with E-state index < -0.39 is 0 Å². The number of benzene rings is 1. The van der Waals surface area contributed by atoms with Crippen LogP contribution in [0.5, 0.6) is 5.75 Å². The minimum absolute atomic E-state index is 0.00101. The molecule has 1 aliphatic rings. The van der Waals surface area contributed by atoms with Gasteiger partial charge in [-0.1, -0.05) is 12.1 Å². The number of carbonyl (C=O) groups excluding carboxylic acids is 1. The molecule has 0 saturated carbocycles. The van der Waals surface area contributed by atoms with E-state index in [1.54, 1.807) is 35.4 Å². The molecule has 1 aromatic heterocycles. The Morgan fingerprint density at radius 3 is 2.57 bits per heavy atom. The number of hydrogen-bond donors (Lipinski definition) is 2. The molecule has 1 amide bonds. The van der Waals surface area contributed by atoms with Crippen LogP contribution in [0.1, 0.15) is 16.1 Å². The maximum Gasteiger partial charge on any atom is 0.257 e. The number of aliphatic hydroxyl groups is 1. The maximum absolute atomic E-state index is 12.4. The van der Waals surface area contributed by atoms with Gasteiger partial charge >= 0.3 is 0 Å². The van der Waals surface area contributed by atoms with Gasteiger partial charge in [0.1, 0.15) is 5.75 Å². The molecule has 1 fully saturated rings. The number of carbonyl (C=O) groups is 1. The molecule has 0 unspecified atom stereocenters. The van der Waals surface area contributed by atoms with Crippen molar-refractivity contribution in [3.63, 3.8) is 0 Å². The largest absolute Gasteiger partial charge is 0.507 e. The van der Waals surface area contributed by atoms with Gasteiger partial charge < -0.3 is 20.0 Å². The molecule has 0 aliphatic carbocycles. The third-order valence-electron chi connectivity index (χ3n) is 3.85. The molecule has 0 radical (unpaired) electrons. The van der Waals surface area contributed by atoms with Crippen LogP contribution in [0.4, 0.5) is 5.95 Å². The second-order valence-electron chi connectivity index (χ2n) is 5.30. The normalized spacial score (nSPS) is 14.8. The fraction of sp³-hybridized carbons (Fsp3) is 0.312. The Labute approximate surface area is 133 Å². The van der Waals surface area contributed by atoms with E-state index in [9.17, 15) is 9.90 Å². The van der Waals surface area contributed by atoms with Crippen molar-refractivity contribution in [2.24, 2.45) is 0 Å². The molecule has 1 saturated heterocycles. The van der Waals surface area contributed by atoms with Crippen molar-refractivity contribution in [3.8, 4) is 5.75 Å². The van der Waals surface area contributed by atoms with Gasteiger partial charge in [0.2, 0.25) is 5.95 Å². The second kappa shape index (κ2) is 6.62. The Hall–Kier alpha value is -2.67. The smallest absolute Gasteiger partial charge is 0.257 e. The van der Waals surface area contributed by atoms with E-state index in [0.29, 0.717) is 43.4 Å². The molecule has 1 aliphatic heterocycles. The summed E-state index contributed by atoms with van der Waals surface area (Å²) in [5.41, 5.74) is 0.891. The van der Waals surface area contributed by atoms with Crippen LogP contribution in [0.2, 0.25) is 0 Å². The molecule has 0 spiro atoms. The number of phenolic OH excluding ortho intramolecular Hbond substituents is 1. The first-order valence-electron chi connectivity index (χ1n) is 7.44. The molecule has 2 N–H and O–H groups in total. The topological polar surface area (TPSA) is 89.8 Å². The van der Waals surface area contributed by atoms with Crippen molar-refractivity contribution in [1.82, 2.24) is 14.9 Å². The molecule has 0 bridgehead atoms. The lowest BCUT2D eigenvalue weighted by Gasteiger charge is -2.34. The van der Waals surface area contributed by atoms with E-state index in [1.165, 1.54) is 6.07 Å². The average Bonchev–Trinajstić information content (AvgIpc) is 2.62. The number of anilines is 1. The van der Waals surface area contributed by atoms with E-state index in [4.69, 9.17) is 5.11 Å². The zero-order valence-electron chi connectivity index (χ0n) is 12.6. The maximum atomic E-state index is 12.4. The minimum Gasteiger partial charge on any atom is -0.507 e. The fourth-order valence-electron chi connectivity index (χ4n) is 2.56. The van der Waals surface area contributed by atoms with E-state index in [-0.39, 0.29) is 18.3 Å². The van der Waals surface area contributed by atoms with Gasteiger partial charge in [0.05, 0.1) is 17.9 Å². The molecule has 23 heavy (non-hydrogen) atoms. The van der Waals surface area contributed by atoms with Crippen LogP contribution in [-0.4, -0.2) is 57.2 Å². The summed E-state index contributed by atoms with van der Waals surface area (Å²) in [5.74, 6) is 0.387. The van der Waals surface area contributed by atoms with Gasteiger partial charge in [0.25, 0.3) is 5.91 Å². The van der Waals surface area contributed by atoms with Crippen molar-refractivity contribution in [2.75, 3.05) is 31.1 Å². The van der Waals surface area contributed by atoms with Crippen LogP contribution in [-0.2, 0) is 6.61 Å². The third kappa shape index (κ3) is 3.24. The number of amides is 1. The number of rotatable bonds is 3. The Morgan fingerprint density at radius 1 is 1.13 bits per heavy atom. The molecule has 7 heteroatoms. The Morgan fingerprint density at radius 2 is 1.87 bits per heavy atom. The van der Waals surface area contributed by atoms with Crippen molar-refractivity contribution in [1.29, 1.82) is 0 Å². The molecule has 0 atom stereocenters. The fourth-order valence-corrected chi connectivity index (χ4v) is 2.56. The summed E-state index contributed by atoms with van der Waals surface area (Å²) >= 11 is 0. The van der Waals surface area contributed by atoms with Gasteiger partial charge in [0.15, 0.2) is 0 Å². The predicted molar refractivity (Wildman–Crippen MR) is 84.2 cm³/mol. The first kappa shape index (κ1) is 15.2. The average molecular weight is 314 g/mol. The third-order valence-corrected chi connectivity index (χ3v) is 3.85. The highest BCUT2D eigenvalue weighted by Gasteiger charge is 2.24. The number of hydrogen-bond acceptors (Lipinski definition) is 6. The van der Waals surface area contributed by atoms with Crippen LogP contribution < -0.4 is 4.90 Å². The molecule has 7 nitrogen and oxygen atoms in total. The highest BCUT2D eigenvalue weighted by molar-refractivity contribution is 5.96. The molecule has 120 valence electrons. The number of aliphatic hydroxyl groups excluding tert-OH is 1. The van der Waals surface area contributed by atoms with Crippen molar-refractivity contribution < 1.29 is 15.0 Å². The van der Waals surface area contributed by atoms with Crippen LogP contribution in [0.25, 0.3) is 0 Å². The first-order chi connectivity index (χ1) is 11.2. The van der Waals surface area contributed by atoms with Crippen molar-refractivity contribution >= 4 is 11.9 Å². The van der Waals surface area contributed by atoms with Gasteiger partial charge in [-0.25, -0.2) is 9.97 Å². The Kier molecular flexibility index (Phi) is 4.38. The molecular weight excluding hydrogens is 296 g/mol. The summed E-state index contributed by atoms with van der Waals surface area (Å²) < 4.78 is 0. The van der Waals surface area contributed by atoms with Crippen LogP contribution in [0.3, 0.4) is 0 Å². The first-order valence-corrected chi connectivity index (χ1v) is 7.44.